The molecule has 0 aliphatic carbocycles. The van der Waals surface area contributed by atoms with Gasteiger partial charge >= 0.3 is 0 Å². The van der Waals surface area contributed by atoms with Crippen LogP contribution in [-0.4, -0.2) is 41.1 Å². The third-order valence-electron chi connectivity index (χ3n) is 5.04. The highest BCUT2D eigenvalue weighted by Gasteiger charge is 2.34. The van der Waals surface area contributed by atoms with Crippen LogP contribution in [0.3, 0.4) is 0 Å². The van der Waals surface area contributed by atoms with Gasteiger partial charge in [0.1, 0.15) is 17.5 Å². The SMILES string of the molecule is COc1ccc(NC(=O)C2=C(C)Nc3nc(SC)nn3[C@H]2c2ccc(OC)cc2)cc1. The molecule has 160 valence electrons. The molecule has 1 aliphatic rings. The summed E-state index contributed by atoms with van der Waals surface area (Å²) < 4.78 is 12.2. The van der Waals surface area contributed by atoms with E-state index in [1.54, 1.807) is 43.2 Å². The van der Waals surface area contributed by atoms with Crippen molar-refractivity contribution in [2.45, 2.75) is 18.1 Å². The first-order valence-electron chi connectivity index (χ1n) is 9.61. The van der Waals surface area contributed by atoms with Gasteiger partial charge in [0.15, 0.2) is 0 Å². The topological polar surface area (TPSA) is 90.3 Å². The molecule has 0 saturated carbocycles. The van der Waals surface area contributed by atoms with Gasteiger partial charge in [0.05, 0.1) is 19.8 Å². The van der Waals surface area contributed by atoms with E-state index in [4.69, 9.17) is 9.47 Å². The van der Waals surface area contributed by atoms with E-state index in [9.17, 15) is 4.79 Å². The fourth-order valence-corrected chi connectivity index (χ4v) is 3.83. The van der Waals surface area contributed by atoms with Gasteiger partial charge in [-0.1, -0.05) is 23.9 Å². The van der Waals surface area contributed by atoms with Gasteiger partial charge in [-0.05, 0) is 55.1 Å². The lowest BCUT2D eigenvalue weighted by Gasteiger charge is -2.28. The first-order chi connectivity index (χ1) is 15.0. The van der Waals surface area contributed by atoms with Crippen molar-refractivity contribution in [2.24, 2.45) is 0 Å². The smallest absolute Gasteiger partial charge is 0.255 e. The number of methoxy groups -OCH3 is 2. The van der Waals surface area contributed by atoms with Crippen molar-refractivity contribution in [3.05, 3.63) is 65.4 Å². The highest BCUT2D eigenvalue weighted by Crippen LogP contribution is 2.37. The number of ether oxygens (including phenoxy) is 2. The van der Waals surface area contributed by atoms with Crippen LogP contribution < -0.4 is 20.1 Å². The number of carbonyl (C=O) groups is 1. The Morgan fingerprint density at radius 3 is 2.26 bits per heavy atom. The van der Waals surface area contributed by atoms with Crippen LogP contribution in [0, 0.1) is 0 Å². The standard InChI is InChI=1S/C22H23N5O3S/c1-13-18(20(28)24-15-7-11-17(30-3)12-8-15)19(14-5-9-16(29-2)10-6-14)27-21(23-13)25-22(26-27)31-4/h5-12,19H,1-4H3,(H,24,28)(H,23,25,26)/t19-/m0/s1. The Balaban J connectivity index is 1.74. The van der Waals surface area contributed by atoms with Crippen LogP contribution >= 0.6 is 11.8 Å². The Morgan fingerprint density at radius 1 is 1.06 bits per heavy atom. The second-order valence-corrected chi connectivity index (χ2v) is 7.66. The van der Waals surface area contributed by atoms with E-state index < -0.39 is 6.04 Å². The molecular weight excluding hydrogens is 414 g/mol. The number of carbonyl (C=O) groups excluding carboxylic acids is 1. The zero-order valence-corrected chi connectivity index (χ0v) is 18.5. The van der Waals surface area contributed by atoms with Crippen molar-refractivity contribution < 1.29 is 14.3 Å². The van der Waals surface area contributed by atoms with Crippen LogP contribution in [0.1, 0.15) is 18.5 Å². The number of hydrogen-bond acceptors (Lipinski definition) is 7. The van der Waals surface area contributed by atoms with Crippen LogP contribution in [0.15, 0.2) is 65.0 Å². The summed E-state index contributed by atoms with van der Waals surface area (Å²) >= 11 is 1.45. The van der Waals surface area contributed by atoms with Gasteiger partial charge in [-0.15, -0.1) is 5.10 Å². The summed E-state index contributed by atoms with van der Waals surface area (Å²) in [6.45, 7) is 1.87. The van der Waals surface area contributed by atoms with E-state index in [1.165, 1.54) is 11.8 Å². The summed E-state index contributed by atoms with van der Waals surface area (Å²) in [5.41, 5.74) is 2.86. The second-order valence-electron chi connectivity index (χ2n) is 6.89. The highest BCUT2D eigenvalue weighted by molar-refractivity contribution is 7.98. The molecule has 1 aromatic heterocycles. The van der Waals surface area contributed by atoms with Gasteiger partial charge in [0.2, 0.25) is 11.1 Å². The molecule has 0 fully saturated rings. The number of nitrogens with one attached hydrogen (secondary N) is 2. The summed E-state index contributed by atoms with van der Waals surface area (Å²) in [6, 6.07) is 14.4. The van der Waals surface area contributed by atoms with Crippen molar-refractivity contribution in [3.8, 4) is 11.5 Å². The molecule has 1 amide bonds. The van der Waals surface area contributed by atoms with Gasteiger partial charge in [0.25, 0.3) is 5.91 Å². The predicted octanol–water partition coefficient (Wildman–Crippen LogP) is 3.94. The molecule has 8 nitrogen and oxygen atoms in total. The quantitative estimate of drug-likeness (QED) is 0.565. The van der Waals surface area contributed by atoms with Gasteiger partial charge < -0.3 is 20.1 Å². The molecular formula is C22H23N5O3S. The average molecular weight is 438 g/mol. The van der Waals surface area contributed by atoms with E-state index in [-0.39, 0.29) is 5.91 Å². The van der Waals surface area contributed by atoms with Crippen molar-refractivity contribution in [3.63, 3.8) is 0 Å². The van der Waals surface area contributed by atoms with Gasteiger partial charge in [-0.25, -0.2) is 4.68 Å². The first-order valence-corrected chi connectivity index (χ1v) is 10.8. The highest BCUT2D eigenvalue weighted by atomic mass is 32.2. The van der Waals surface area contributed by atoms with E-state index >= 15 is 0 Å². The van der Waals surface area contributed by atoms with Crippen LogP contribution in [0.2, 0.25) is 0 Å². The van der Waals surface area contributed by atoms with Gasteiger partial charge in [0, 0.05) is 11.4 Å². The van der Waals surface area contributed by atoms with Gasteiger partial charge in [-0.3, -0.25) is 4.79 Å². The van der Waals surface area contributed by atoms with Crippen LogP contribution in [0.4, 0.5) is 11.6 Å². The van der Waals surface area contributed by atoms with E-state index in [2.05, 4.69) is 20.7 Å². The third kappa shape index (κ3) is 4.09. The molecule has 2 aromatic carbocycles. The lowest BCUT2D eigenvalue weighted by molar-refractivity contribution is -0.113. The molecule has 3 aromatic rings. The second kappa shape index (κ2) is 8.73. The Labute approximate surface area is 184 Å². The Bertz CT molecular complexity index is 1120. The maximum Gasteiger partial charge on any atom is 0.255 e. The molecule has 1 atom stereocenters. The third-order valence-corrected chi connectivity index (χ3v) is 5.58. The number of anilines is 2. The number of thioether (sulfide) groups is 1. The summed E-state index contributed by atoms with van der Waals surface area (Å²) in [7, 11) is 3.23. The van der Waals surface area contributed by atoms with Crippen LogP contribution in [-0.2, 0) is 4.79 Å². The average Bonchev–Trinajstić information content (AvgIpc) is 3.21. The molecule has 0 spiro atoms. The molecule has 0 saturated heterocycles. The molecule has 1 aliphatic heterocycles. The van der Waals surface area contributed by atoms with Crippen molar-refractivity contribution >= 4 is 29.3 Å². The first kappa shape index (κ1) is 20.8. The predicted molar refractivity (Wildman–Crippen MR) is 121 cm³/mol. The van der Waals surface area contributed by atoms with E-state index in [1.807, 2.05) is 37.4 Å². The zero-order valence-electron chi connectivity index (χ0n) is 17.7. The summed E-state index contributed by atoms with van der Waals surface area (Å²) in [5.74, 6) is 1.85. The number of aromatic nitrogens is 3. The van der Waals surface area contributed by atoms with Crippen LogP contribution in [0.5, 0.6) is 11.5 Å². The number of rotatable bonds is 6. The number of nitrogens with zero attached hydrogens (tertiary/aromatic N) is 3. The largest absolute Gasteiger partial charge is 0.497 e. The lowest BCUT2D eigenvalue weighted by atomic mass is 9.95. The number of allylic oxidation sites excluding steroid dienone is 1. The Kier molecular flexibility index (Phi) is 5.85. The Hall–Kier alpha value is -3.46. The number of amides is 1. The molecule has 2 N–H and O–H groups in total. The molecule has 0 unspecified atom stereocenters. The minimum absolute atomic E-state index is 0.220. The van der Waals surface area contributed by atoms with Gasteiger partial charge in [-0.2, -0.15) is 4.98 Å². The molecule has 4 rings (SSSR count). The summed E-state index contributed by atoms with van der Waals surface area (Å²) in [5, 5.41) is 11.4. The molecule has 2 heterocycles. The maximum absolute atomic E-state index is 13.4. The molecule has 0 bridgehead atoms. The summed E-state index contributed by atoms with van der Waals surface area (Å²) in [4.78, 5) is 17.9. The minimum atomic E-state index is -0.436. The van der Waals surface area contributed by atoms with Crippen molar-refractivity contribution in [1.82, 2.24) is 14.8 Å². The fraction of sp³-hybridized carbons (Fsp3) is 0.227. The summed E-state index contributed by atoms with van der Waals surface area (Å²) in [6.07, 6.45) is 1.92. The van der Waals surface area contributed by atoms with Crippen LogP contribution in [0.25, 0.3) is 0 Å². The number of hydrogen-bond donors (Lipinski definition) is 2. The minimum Gasteiger partial charge on any atom is -0.497 e. The monoisotopic (exact) mass is 437 g/mol. The van der Waals surface area contributed by atoms with E-state index in [0.29, 0.717) is 22.4 Å². The number of fused-ring (bicyclic) bond motifs is 1. The van der Waals surface area contributed by atoms with Crippen molar-refractivity contribution in [1.29, 1.82) is 0 Å². The van der Waals surface area contributed by atoms with E-state index in [0.717, 1.165) is 22.8 Å². The molecule has 31 heavy (non-hydrogen) atoms. The normalized spacial score (nSPS) is 15.2. The molecule has 0 radical (unpaired) electrons. The lowest BCUT2D eigenvalue weighted by Crippen LogP contribution is -2.31. The van der Waals surface area contributed by atoms with Crippen molar-refractivity contribution in [2.75, 3.05) is 31.1 Å². The zero-order chi connectivity index (χ0) is 22.0. The number of benzene rings is 2. The fourth-order valence-electron chi connectivity index (χ4n) is 3.48. The Morgan fingerprint density at radius 2 is 1.68 bits per heavy atom. The maximum atomic E-state index is 13.4. The molecule has 9 heteroatoms.